The first-order valence-electron chi connectivity index (χ1n) is 10.7. The van der Waals surface area contributed by atoms with Gasteiger partial charge in [-0.25, -0.2) is 4.79 Å². The van der Waals surface area contributed by atoms with E-state index in [0.29, 0.717) is 34.5 Å². The maximum Gasteiger partial charge on any atom is 0.340 e. The van der Waals surface area contributed by atoms with Gasteiger partial charge in [-0.3, -0.25) is 9.59 Å². The number of aromatic amines is 1. The Kier molecular flexibility index (Phi) is 7.65. The molecule has 0 atom stereocenters. The first kappa shape index (κ1) is 23.1. The predicted molar refractivity (Wildman–Crippen MR) is 123 cm³/mol. The van der Waals surface area contributed by atoms with Gasteiger partial charge in [0.2, 0.25) is 0 Å². The molecule has 3 rings (SSSR count). The number of esters is 2. The van der Waals surface area contributed by atoms with Gasteiger partial charge in [-0.05, 0) is 43.7 Å². The van der Waals surface area contributed by atoms with E-state index in [2.05, 4.69) is 4.98 Å². The Morgan fingerprint density at radius 1 is 1.06 bits per heavy atom. The summed E-state index contributed by atoms with van der Waals surface area (Å²) in [6.07, 6.45) is 1.79. The summed E-state index contributed by atoms with van der Waals surface area (Å²) in [5.41, 5.74) is 2.96. The molecule has 3 aromatic rings. The first-order chi connectivity index (χ1) is 15.5. The van der Waals surface area contributed by atoms with E-state index in [1.54, 1.807) is 18.2 Å². The summed E-state index contributed by atoms with van der Waals surface area (Å²) in [5, 5.41) is 0.635. The number of anilines is 1. The fraction of sp³-hybridized carbons (Fsp3) is 0.320. The Hall–Kier alpha value is -3.61. The lowest BCUT2D eigenvalue weighted by Crippen LogP contribution is -2.33. The maximum absolute atomic E-state index is 13.4. The number of benzene rings is 2. The van der Waals surface area contributed by atoms with Gasteiger partial charge < -0.3 is 19.4 Å². The molecule has 7 nitrogen and oxygen atoms in total. The second-order valence-corrected chi connectivity index (χ2v) is 7.49. The van der Waals surface area contributed by atoms with Crippen LogP contribution in [-0.2, 0) is 14.3 Å². The molecule has 0 unspecified atom stereocenters. The third-order valence-electron chi connectivity index (χ3n) is 5.25. The number of rotatable bonds is 9. The number of aromatic nitrogens is 1. The molecular weight excluding hydrogens is 408 g/mol. The molecule has 1 heterocycles. The van der Waals surface area contributed by atoms with E-state index in [4.69, 9.17) is 9.47 Å². The van der Waals surface area contributed by atoms with Gasteiger partial charge in [0, 0.05) is 34.4 Å². The fourth-order valence-corrected chi connectivity index (χ4v) is 3.52. The highest BCUT2D eigenvalue weighted by atomic mass is 16.5. The van der Waals surface area contributed by atoms with Crippen molar-refractivity contribution in [2.24, 2.45) is 0 Å². The Labute approximate surface area is 187 Å². The quantitative estimate of drug-likeness (QED) is 0.390. The van der Waals surface area contributed by atoms with Crippen LogP contribution >= 0.6 is 0 Å². The molecule has 0 spiro atoms. The van der Waals surface area contributed by atoms with Gasteiger partial charge in [0.1, 0.15) is 0 Å². The van der Waals surface area contributed by atoms with E-state index < -0.39 is 11.9 Å². The lowest BCUT2D eigenvalue weighted by molar-refractivity contribution is -0.140. The third-order valence-corrected chi connectivity index (χ3v) is 5.25. The molecule has 0 saturated carbocycles. The van der Waals surface area contributed by atoms with Gasteiger partial charge in [0.25, 0.3) is 5.91 Å². The van der Waals surface area contributed by atoms with Crippen molar-refractivity contribution in [3.05, 3.63) is 65.4 Å². The summed E-state index contributed by atoms with van der Waals surface area (Å²) in [5.74, 6) is -1.07. The molecule has 32 heavy (non-hydrogen) atoms. The monoisotopic (exact) mass is 436 g/mol. The van der Waals surface area contributed by atoms with Crippen LogP contribution in [0, 0.1) is 6.92 Å². The van der Waals surface area contributed by atoms with Crippen molar-refractivity contribution < 1.29 is 23.9 Å². The number of fused-ring (bicyclic) bond motifs is 1. The SMILES string of the molecule is CCCCOC(=O)c1c(C)[nH]c2ccc(C(=O)N(CCC(=O)OC)c3ccccc3)cc12. The zero-order valence-electron chi connectivity index (χ0n) is 18.6. The Bertz CT molecular complexity index is 1100. The zero-order valence-corrected chi connectivity index (χ0v) is 18.6. The molecule has 0 saturated heterocycles. The van der Waals surface area contributed by atoms with Crippen molar-refractivity contribution in [2.75, 3.05) is 25.2 Å². The molecule has 0 radical (unpaired) electrons. The van der Waals surface area contributed by atoms with E-state index in [-0.39, 0.29) is 18.9 Å². The van der Waals surface area contributed by atoms with Crippen molar-refractivity contribution >= 4 is 34.4 Å². The molecule has 7 heteroatoms. The number of amides is 1. The van der Waals surface area contributed by atoms with Crippen LogP contribution in [-0.4, -0.2) is 43.1 Å². The van der Waals surface area contributed by atoms with Crippen LogP contribution in [0.1, 0.15) is 52.6 Å². The minimum absolute atomic E-state index is 0.0671. The number of methoxy groups -OCH3 is 1. The van der Waals surface area contributed by atoms with E-state index in [1.165, 1.54) is 12.0 Å². The summed E-state index contributed by atoms with van der Waals surface area (Å²) in [4.78, 5) is 42.5. The fourth-order valence-electron chi connectivity index (χ4n) is 3.52. The number of para-hydroxylation sites is 1. The molecule has 0 fully saturated rings. The summed E-state index contributed by atoms with van der Waals surface area (Å²) >= 11 is 0. The number of carbonyl (C=O) groups is 3. The van der Waals surface area contributed by atoms with Crippen LogP contribution in [0.5, 0.6) is 0 Å². The summed E-state index contributed by atoms with van der Waals surface area (Å²) in [7, 11) is 1.32. The molecule has 2 aromatic carbocycles. The number of H-pyrrole nitrogens is 1. The van der Waals surface area contributed by atoms with Crippen molar-refractivity contribution in [1.29, 1.82) is 0 Å². The minimum Gasteiger partial charge on any atom is -0.469 e. The number of unbranched alkanes of at least 4 members (excludes halogenated alkanes) is 1. The lowest BCUT2D eigenvalue weighted by atomic mass is 10.1. The molecule has 168 valence electrons. The summed E-state index contributed by atoms with van der Waals surface area (Å²) in [6.45, 7) is 4.37. The van der Waals surface area contributed by atoms with Crippen molar-refractivity contribution in [3.8, 4) is 0 Å². The number of nitrogens with zero attached hydrogens (tertiary/aromatic N) is 1. The molecule has 1 aromatic heterocycles. The number of hydrogen-bond acceptors (Lipinski definition) is 5. The molecule has 0 bridgehead atoms. The van der Waals surface area contributed by atoms with Crippen molar-refractivity contribution in [3.63, 3.8) is 0 Å². The number of carbonyl (C=O) groups excluding carboxylic acids is 3. The van der Waals surface area contributed by atoms with Crippen LogP contribution < -0.4 is 4.90 Å². The molecule has 0 aliphatic heterocycles. The Morgan fingerprint density at radius 3 is 2.50 bits per heavy atom. The highest BCUT2D eigenvalue weighted by Crippen LogP contribution is 2.26. The molecule has 0 aliphatic rings. The third kappa shape index (κ3) is 5.17. The van der Waals surface area contributed by atoms with E-state index in [0.717, 1.165) is 18.4 Å². The highest BCUT2D eigenvalue weighted by molar-refractivity contribution is 6.11. The maximum atomic E-state index is 13.4. The lowest BCUT2D eigenvalue weighted by Gasteiger charge is -2.22. The number of aryl methyl sites for hydroxylation is 1. The largest absolute Gasteiger partial charge is 0.469 e. The molecule has 1 N–H and O–H groups in total. The number of ether oxygens (including phenoxy) is 2. The van der Waals surface area contributed by atoms with E-state index in [1.807, 2.05) is 44.2 Å². The predicted octanol–water partition coefficient (Wildman–Crippen LogP) is 4.64. The van der Waals surface area contributed by atoms with Crippen LogP contribution in [0.2, 0.25) is 0 Å². The Morgan fingerprint density at radius 2 is 1.81 bits per heavy atom. The van der Waals surface area contributed by atoms with E-state index in [9.17, 15) is 14.4 Å². The van der Waals surface area contributed by atoms with Crippen LogP contribution in [0.15, 0.2) is 48.5 Å². The number of nitrogens with one attached hydrogen (secondary N) is 1. The van der Waals surface area contributed by atoms with Gasteiger partial charge in [0.05, 0.1) is 25.7 Å². The van der Waals surface area contributed by atoms with Crippen LogP contribution in [0.25, 0.3) is 10.9 Å². The normalized spacial score (nSPS) is 10.7. The summed E-state index contributed by atoms with van der Waals surface area (Å²) in [6, 6.07) is 14.3. The van der Waals surface area contributed by atoms with Crippen LogP contribution in [0.4, 0.5) is 5.69 Å². The first-order valence-corrected chi connectivity index (χ1v) is 10.7. The Balaban J connectivity index is 1.95. The second-order valence-electron chi connectivity index (χ2n) is 7.49. The molecule has 0 aliphatic carbocycles. The number of hydrogen-bond donors (Lipinski definition) is 1. The van der Waals surface area contributed by atoms with Gasteiger partial charge >= 0.3 is 11.9 Å². The minimum atomic E-state index is -0.405. The van der Waals surface area contributed by atoms with Gasteiger partial charge in [0.15, 0.2) is 0 Å². The van der Waals surface area contributed by atoms with Crippen molar-refractivity contribution in [2.45, 2.75) is 33.1 Å². The van der Waals surface area contributed by atoms with E-state index >= 15 is 0 Å². The highest BCUT2D eigenvalue weighted by Gasteiger charge is 2.22. The van der Waals surface area contributed by atoms with Gasteiger partial charge in [-0.15, -0.1) is 0 Å². The van der Waals surface area contributed by atoms with Gasteiger partial charge in [-0.2, -0.15) is 0 Å². The average Bonchev–Trinajstić information content (AvgIpc) is 3.14. The van der Waals surface area contributed by atoms with Crippen molar-refractivity contribution in [1.82, 2.24) is 4.98 Å². The molecular formula is C25H28N2O5. The average molecular weight is 437 g/mol. The topological polar surface area (TPSA) is 88.7 Å². The standard InChI is InChI=1S/C25H28N2O5/c1-4-5-15-32-25(30)23-17(2)26-21-12-11-18(16-20(21)23)24(29)27(14-13-22(28)31-3)19-9-7-6-8-10-19/h6-12,16,26H,4-5,13-15H2,1-3H3. The summed E-state index contributed by atoms with van der Waals surface area (Å²) < 4.78 is 10.1. The smallest absolute Gasteiger partial charge is 0.340 e. The zero-order chi connectivity index (χ0) is 23.1. The van der Waals surface area contributed by atoms with Gasteiger partial charge in [-0.1, -0.05) is 31.5 Å². The second kappa shape index (κ2) is 10.6. The molecule has 1 amide bonds. The van der Waals surface area contributed by atoms with Crippen LogP contribution in [0.3, 0.4) is 0 Å².